The van der Waals surface area contributed by atoms with Crippen LogP contribution in [0.4, 0.5) is 0 Å². The van der Waals surface area contributed by atoms with E-state index in [1.165, 1.54) is 6.07 Å². The molecular weight excluding hydrogens is 488 g/mol. The maximum Gasteiger partial charge on any atom is 0.291 e. The molecule has 0 aliphatic rings. The fourth-order valence-electron chi connectivity index (χ4n) is 2.38. The number of nitrogens with one attached hydrogen (secondary N) is 2. The second-order valence-electron chi connectivity index (χ2n) is 5.84. The van der Waals surface area contributed by atoms with Gasteiger partial charge in [-0.2, -0.15) is 0 Å². The van der Waals surface area contributed by atoms with E-state index in [4.69, 9.17) is 4.42 Å². The summed E-state index contributed by atoms with van der Waals surface area (Å²) in [5.74, 6) is -0.806. The van der Waals surface area contributed by atoms with E-state index in [2.05, 4.69) is 42.5 Å². The van der Waals surface area contributed by atoms with Crippen LogP contribution in [0.5, 0.6) is 0 Å². The second-order valence-corrected chi connectivity index (χ2v) is 7.53. The summed E-state index contributed by atoms with van der Waals surface area (Å²) >= 11 is 6.54. The van der Waals surface area contributed by atoms with E-state index in [1.54, 1.807) is 12.1 Å². The number of hydrogen-bond acceptors (Lipinski definition) is 3. The summed E-state index contributed by atoms with van der Waals surface area (Å²) < 4.78 is 6.62. The molecule has 1 aromatic heterocycles. The summed E-state index contributed by atoms with van der Waals surface area (Å²) in [5.41, 5.74) is 1.85. The van der Waals surface area contributed by atoms with Crippen LogP contribution in [-0.4, -0.2) is 11.8 Å². The summed E-state index contributed by atoms with van der Waals surface area (Å²) in [7, 11) is 0. The van der Waals surface area contributed by atoms with E-state index in [0.717, 1.165) is 15.6 Å². The smallest absolute Gasteiger partial charge is 0.291 e. The van der Waals surface area contributed by atoms with Gasteiger partial charge in [-0.05, 0) is 57.4 Å². The molecule has 28 heavy (non-hydrogen) atoms. The number of furan rings is 1. The second kappa shape index (κ2) is 9.52. The Hall–Kier alpha value is -2.64. The van der Waals surface area contributed by atoms with Crippen molar-refractivity contribution in [1.82, 2.24) is 10.6 Å². The average Bonchev–Trinajstić information content (AvgIpc) is 3.14. The highest BCUT2D eigenvalue weighted by Gasteiger charge is 2.17. The molecule has 2 N–H and O–H groups in total. The molecule has 0 atom stereocenters. The first-order valence-electron chi connectivity index (χ1n) is 8.37. The molecule has 0 aliphatic heterocycles. The lowest BCUT2D eigenvalue weighted by molar-refractivity contribution is -0.117. The number of halogens is 2. The Kier molecular flexibility index (Phi) is 6.84. The Morgan fingerprint density at radius 3 is 2.29 bits per heavy atom. The highest BCUT2D eigenvalue weighted by molar-refractivity contribution is 9.10. The van der Waals surface area contributed by atoms with Crippen LogP contribution in [0.2, 0.25) is 0 Å². The molecule has 0 radical (unpaired) electrons. The summed E-state index contributed by atoms with van der Waals surface area (Å²) in [6.45, 7) is 0.347. The number of benzene rings is 2. The minimum absolute atomic E-state index is 0.101. The van der Waals surface area contributed by atoms with Crippen LogP contribution in [0.15, 0.2) is 86.0 Å². The summed E-state index contributed by atoms with van der Waals surface area (Å²) in [6.07, 6.45) is 1.61. The van der Waals surface area contributed by atoms with Gasteiger partial charge in [-0.25, -0.2) is 0 Å². The van der Waals surface area contributed by atoms with E-state index < -0.39 is 11.8 Å². The molecule has 2 amide bonds. The van der Waals surface area contributed by atoms with Gasteiger partial charge in [0.05, 0.1) is 0 Å². The van der Waals surface area contributed by atoms with Gasteiger partial charge in [0.25, 0.3) is 11.8 Å². The van der Waals surface area contributed by atoms with Crippen LogP contribution < -0.4 is 10.6 Å². The van der Waals surface area contributed by atoms with E-state index >= 15 is 0 Å². The van der Waals surface area contributed by atoms with Crippen molar-refractivity contribution in [3.8, 4) is 0 Å². The lowest BCUT2D eigenvalue weighted by Gasteiger charge is -2.10. The van der Waals surface area contributed by atoms with Gasteiger partial charge in [-0.15, -0.1) is 0 Å². The lowest BCUT2D eigenvalue weighted by atomic mass is 10.1. The molecule has 0 fully saturated rings. The highest BCUT2D eigenvalue weighted by Crippen LogP contribution is 2.16. The normalized spacial score (nSPS) is 11.1. The van der Waals surface area contributed by atoms with Crippen molar-refractivity contribution in [1.29, 1.82) is 0 Å². The minimum Gasteiger partial charge on any atom is -0.444 e. The molecule has 2 aromatic carbocycles. The van der Waals surface area contributed by atoms with Crippen molar-refractivity contribution in [2.24, 2.45) is 0 Å². The van der Waals surface area contributed by atoms with Gasteiger partial charge >= 0.3 is 0 Å². The van der Waals surface area contributed by atoms with Crippen LogP contribution in [0.1, 0.15) is 21.7 Å². The van der Waals surface area contributed by atoms with Gasteiger partial charge in [-0.1, -0.05) is 58.4 Å². The molecule has 0 saturated heterocycles. The van der Waals surface area contributed by atoms with Crippen molar-refractivity contribution in [2.45, 2.75) is 6.54 Å². The Bertz CT molecular complexity index is 996. The predicted molar refractivity (Wildman–Crippen MR) is 114 cm³/mol. The number of carbonyl (C=O) groups excluding carboxylic acids is 2. The average molecular weight is 504 g/mol. The van der Waals surface area contributed by atoms with Gasteiger partial charge < -0.3 is 15.1 Å². The van der Waals surface area contributed by atoms with Crippen LogP contribution in [-0.2, 0) is 11.3 Å². The molecule has 0 spiro atoms. The first-order chi connectivity index (χ1) is 13.5. The number of hydrogen-bond donors (Lipinski definition) is 2. The molecule has 0 saturated carbocycles. The van der Waals surface area contributed by atoms with Crippen molar-refractivity contribution in [2.75, 3.05) is 0 Å². The maximum atomic E-state index is 12.7. The minimum atomic E-state index is -0.510. The largest absolute Gasteiger partial charge is 0.444 e. The molecule has 7 heteroatoms. The summed E-state index contributed by atoms with van der Waals surface area (Å²) in [6, 6.07) is 20.1. The van der Waals surface area contributed by atoms with E-state index in [9.17, 15) is 9.59 Å². The zero-order valence-electron chi connectivity index (χ0n) is 14.6. The molecule has 0 aliphatic carbocycles. The lowest BCUT2D eigenvalue weighted by Crippen LogP contribution is -2.34. The topological polar surface area (TPSA) is 71.3 Å². The molecular formula is C21H16Br2N2O3. The summed E-state index contributed by atoms with van der Waals surface area (Å²) in [5, 5.41) is 5.45. The van der Waals surface area contributed by atoms with Gasteiger partial charge in [0.1, 0.15) is 5.70 Å². The van der Waals surface area contributed by atoms with Crippen LogP contribution in [0.3, 0.4) is 0 Å². The van der Waals surface area contributed by atoms with Gasteiger partial charge in [0, 0.05) is 11.0 Å². The molecule has 0 unspecified atom stereocenters. The van der Waals surface area contributed by atoms with Crippen molar-refractivity contribution in [3.63, 3.8) is 0 Å². The highest BCUT2D eigenvalue weighted by atomic mass is 79.9. The fraction of sp³-hybridized carbons (Fsp3) is 0.0476. The van der Waals surface area contributed by atoms with E-state index in [0.29, 0.717) is 11.2 Å². The van der Waals surface area contributed by atoms with Crippen LogP contribution in [0, 0.1) is 0 Å². The molecule has 3 rings (SSSR count). The van der Waals surface area contributed by atoms with Gasteiger partial charge in [0.2, 0.25) is 0 Å². The van der Waals surface area contributed by atoms with Crippen molar-refractivity contribution < 1.29 is 14.0 Å². The first-order valence-corrected chi connectivity index (χ1v) is 9.96. The van der Waals surface area contributed by atoms with Gasteiger partial charge in [-0.3, -0.25) is 9.59 Å². The summed E-state index contributed by atoms with van der Waals surface area (Å²) in [4.78, 5) is 25.2. The van der Waals surface area contributed by atoms with Crippen LogP contribution >= 0.6 is 31.9 Å². The Labute approximate surface area is 179 Å². The monoisotopic (exact) mass is 502 g/mol. The Balaban J connectivity index is 1.79. The van der Waals surface area contributed by atoms with Crippen molar-refractivity contribution in [3.05, 3.63) is 98.5 Å². The zero-order valence-corrected chi connectivity index (χ0v) is 17.8. The fourth-order valence-corrected chi connectivity index (χ4v) is 2.95. The zero-order chi connectivity index (χ0) is 19.9. The van der Waals surface area contributed by atoms with Crippen molar-refractivity contribution >= 4 is 49.8 Å². The van der Waals surface area contributed by atoms with E-state index in [1.807, 2.05) is 54.6 Å². The standard InChI is InChI=1S/C21H16Br2N2O3/c22-16-8-6-14(7-9-16)12-17(25-21(27)18-10-11-19(23)28-18)20(26)24-13-15-4-2-1-3-5-15/h1-12H,13H2,(H,24,26)(H,25,27)/b17-12-. The molecule has 5 nitrogen and oxygen atoms in total. The SMILES string of the molecule is O=C(NCc1ccccc1)/C(=C/c1ccc(Br)cc1)NC(=O)c1ccc(Br)o1. The number of amides is 2. The van der Waals surface area contributed by atoms with Crippen LogP contribution in [0.25, 0.3) is 6.08 Å². The molecule has 142 valence electrons. The maximum absolute atomic E-state index is 12.7. The third kappa shape index (κ3) is 5.68. The molecule has 0 bridgehead atoms. The Morgan fingerprint density at radius 1 is 0.929 bits per heavy atom. The third-order valence-corrected chi connectivity index (χ3v) is 4.72. The number of carbonyl (C=O) groups is 2. The molecule has 3 aromatic rings. The third-order valence-electron chi connectivity index (χ3n) is 3.77. The van der Waals surface area contributed by atoms with E-state index in [-0.39, 0.29) is 11.5 Å². The van der Waals surface area contributed by atoms with Gasteiger partial charge in [0.15, 0.2) is 10.4 Å². The quantitative estimate of drug-likeness (QED) is 0.470. The predicted octanol–water partition coefficient (Wildman–Crippen LogP) is 4.89. The molecule has 1 heterocycles. The Morgan fingerprint density at radius 2 is 1.64 bits per heavy atom. The number of rotatable bonds is 6. The first kappa shape index (κ1) is 20.1.